The standard InChI is InChI=1S/C14H22N4O2/c1-14(2,3)12-13(20)15-8-11(19)18(12)6-5-10-7-16-17(4)9-10/h7,9,12H,5-6,8H2,1-4H3,(H,15,20). The SMILES string of the molecule is Cn1cc(CCN2C(=O)CNC(=O)C2C(C)(C)C)cn1. The van der Waals surface area contributed by atoms with E-state index in [1.807, 2.05) is 34.0 Å². The van der Waals surface area contributed by atoms with Gasteiger partial charge in [0.2, 0.25) is 11.8 Å². The summed E-state index contributed by atoms with van der Waals surface area (Å²) in [5.41, 5.74) is 0.786. The van der Waals surface area contributed by atoms with Crippen molar-refractivity contribution in [3.63, 3.8) is 0 Å². The summed E-state index contributed by atoms with van der Waals surface area (Å²) in [5.74, 6) is -0.0864. The topological polar surface area (TPSA) is 67.2 Å². The Bertz CT molecular complexity index is 515. The highest BCUT2D eigenvalue weighted by atomic mass is 16.2. The second-order valence-electron chi connectivity index (χ2n) is 6.35. The molecule has 1 saturated heterocycles. The van der Waals surface area contributed by atoms with Crippen molar-refractivity contribution in [1.82, 2.24) is 20.0 Å². The van der Waals surface area contributed by atoms with E-state index in [1.165, 1.54) is 0 Å². The number of carbonyl (C=O) groups excluding carboxylic acids is 2. The normalized spacial score (nSPS) is 20.2. The Morgan fingerprint density at radius 1 is 1.40 bits per heavy atom. The zero-order valence-corrected chi connectivity index (χ0v) is 12.5. The molecule has 2 amide bonds. The largest absolute Gasteiger partial charge is 0.345 e. The van der Waals surface area contributed by atoms with Crippen molar-refractivity contribution in [2.75, 3.05) is 13.1 Å². The van der Waals surface area contributed by atoms with Crippen molar-refractivity contribution in [3.05, 3.63) is 18.0 Å². The van der Waals surface area contributed by atoms with Crippen molar-refractivity contribution in [3.8, 4) is 0 Å². The first-order chi connectivity index (χ1) is 9.29. The van der Waals surface area contributed by atoms with Gasteiger partial charge >= 0.3 is 0 Å². The van der Waals surface area contributed by atoms with Crippen LogP contribution in [0, 0.1) is 5.41 Å². The van der Waals surface area contributed by atoms with E-state index in [4.69, 9.17) is 0 Å². The molecule has 1 unspecified atom stereocenters. The first-order valence-electron chi connectivity index (χ1n) is 6.84. The molecule has 1 aliphatic rings. The third-order valence-corrected chi connectivity index (χ3v) is 3.51. The highest BCUT2D eigenvalue weighted by Gasteiger charge is 2.41. The number of nitrogens with one attached hydrogen (secondary N) is 1. The van der Waals surface area contributed by atoms with Crippen LogP contribution in [-0.2, 0) is 23.1 Å². The lowest BCUT2D eigenvalue weighted by Crippen LogP contribution is -2.63. The molecule has 2 heterocycles. The van der Waals surface area contributed by atoms with E-state index in [1.54, 1.807) is 15.8 Å². The lowest BCUT2D eigenvalue weighted by atomic mass is 9.83. The van der Waals surface area contributed by atoms with Crippen LogP contribution in [-0.4, -0.2) is 45.6 Å². The molecule has 0 radical (unpaired) electrons. The number of amides is 2. The molecule has 1 aliphatic heterocycles. The molecule has 1 atom stereocenters. The summed E-state index contributed by atoms with van der Waals surface area (Å²) in [7, 11) is 1.86. The first kappa shape index (κ1) is 14.6. The molecule has 1 fully saturated rings. The van der Waals surface area contributed by atoms with E-state index in [9.17, 15) is 9.59 Å². The fourth-order valence-corrected chi connectivity index (χ4v) is 2.61. The van der Waals surface area contributed by atoms with Gasteiger partial charge in [-0.05, 0) is 17.4 Å². The van der Waals surface area contributed by atoms with Gasteiger partial charge in [0.05, 0.1) is 12.7 Å². The zero-order chi connectivity index (χ0) is 14.9. The van der Waals surface area contributed by atoms with Crippen LogP contribution in [0.1, 0.15) is 26.3 Å². The molecule has 0 aliphatic carbocycles. The summed E-state index contributed by atoms with van der Waals surface area (Å²) in [6.45, 7) is 6.57. The zero-order valence-electron chi connectivity index (χ0n) is 12.5. The molecule has 0 saturated carbocycles. The van der Waals surface area contributed by atoms with Crippen LogP contribution in [0.15, 0.2) is 12.4 Å². The number of nitrogens with zero attached hydrogens (tertiary/aromatic N) is 3. The molecule has 1 aromatic rings. The van der Waals surface area contributed by atoms with Gasteiger partial charge in [-0.2, -0.15) is 5.10 Å². The monoisotopic (exact) mass is 278 g/mol. The number of piperazine rings is 1. The molecule has 6 heteroatoms. The predicted molar refractivity (Wildman–Crippen MR) is 74.9 cm³/mol. The summed E-state index contributed by atoms with van der Waals surface area (Å²) in [4.78, 5) is 25.9. The maximum atomic E-state index is 12.1. The molecular formula is C14H22N4O2. The van der Waals surface area contributed by atoms with Gasteiger partial charge in [-0.1, -0.05) is 20.8 Å². The minimum absolute atomic E-state index is 0.0200. The minimum atomic E-state index is -0.416. The van der Waals surface area contributed by atoms with Crippen molar-refractivity contribution in [2.45, 2.75) is 33.2 Å². The Morgan fingerprint density at radius 3 is 2.65 bits per heavy atom. The van der Waals surface area contributed by atoms with Gasteiger partial charge in [-0.3, -0.25) is 14.3 Å². The maximum Gasteiger partial charge on any atom is 0.243 e. The fraction of sp³-hybridized carbons (Fsp3) is 0.643. The smallest absolute Gasteiger partial charge is 0.243 e. The van der Waals surface area contributed by atoms with E-state index in [0.717, 1.165) is 5.56 Å². The number of aromatic nitrogens is 2. The van der Waals surface area contributed by atoms with Gasteiger partial charge in [0.15, 0.2) is 0 Å². The van der Waals surface area contributed by atoms with Crippen LogP contribution in [0.3, 0.4) is 0 Å². The van der Waals surface area contributed by atoms with Gasteiger partial charge in [-0.15, -0.1) is 0 Å². The Morgan fingerprint density at radius 2 is 2.10 bits per heavy atom. The van der Waals surface area contributed by atoms with Gasteiger partial charge in [0.25, 0.3) is 0 Å². The van der Waals surface area contributed by atoms with E-state index in [0.29, 0.717) is 13.0 Å². The molecule has 0 spiro atoms. The highest BCUT2D eigenvalue weighted by molar-refractivity contribution is 5.95. The van der Waals surface area contributed by atoms with Crippen LogP contribution in [0.5, 0.6) is 0 Å². The van der Waals surface area contributed by atoms with E-state index in [-0.39, 0.29) is 23.8 Å². The van der Waals surface area contributed by atoms with Crippen LogP contribution >= 0.6 is 0 Å². The maximum absolute atomic E-state index is 12.1. The molecule has 2 rings (SSSR count). The van der Waals surface area contributed by atoms with Crippen LogP contribution < -0.4 is 5.32 Å². The second kappa shape index (κ2) is 5.26. The third kappa shape index (κ3) is 3.00. The summed E-state index contributed by atoms with van der Waals surface area (Å²) in [5, 5.41) is 6.79. The number of rotatable bonds is 3. The van der Waals surface area contributed by atoms with Crippen molar-refractivity contribution in [2.24, 2.45) is 12.5 Å². The van der Waals surface area contributed by atoms with E-state index in [2.05, 4.69) is 10.4 Å². The molecule has 1 aromatic heterocycles. The number of hydrogen-bond donors (Lipinski definition) is 1. The number of carbonyl (C=O) groups is 2. The third-order valence-electron chi connectivity index (χ3n) is 3.51. The first-order valence-corrected chi connectivity index (χ1v) is 6.84. The Labute approximate surface area is 119 Å². The number of aryl methyl sites for hydroxylation is 1. The van der Waals surface area contributed by atoms with Gasteiger partial charge < -0.3 is 10.2 Å². The summed E-state index contributed by atoms with van der Waals surface area (Å²) < 4.78 is 1.74. The Balaban J connectivity index is 2.12. The van der Waals surface area contributed by atoms with Crippen LogP contribution in [0.25, 0.3) is 0 Å². The molecule has 0 bridgehead atoms. The Hall–Kier alpha value is -1.85. The molecule has 0 aromatic carbocycles. The molecule has 110 valence electrons. The summed E-state index contributed by atoms with van der Waals surface area (Å²) >= 11 is 0. The van der Waals surface area contributed by atoms with Crippen molar-refractivity contribution < 1.29 is 9.59 Å². The van der Waals surface area contributed by atoms with Gasteiger partial charge in [-0.25, -0.2) is 0 Å². The molecule has 6 nitrogen and oxygen atoms in total. The van der Waals surface area contributed by atoms with E-state index < -0.39 is 6.04 Å². The lowest BCUT2D eigenvalue weighted by molar-refractivity contribution is -0.149. The highest BCUT2D eigenvalue weighted by Crippen LogP contribution is 2.26. The number of hydrogen-bond acceptors (Lipinski definition) is 3. The van der Waals surface area contributed by atoms with Gasteiger partial charge in [0.1, 0.15) is 6.04 Å². The van der Waals surface area contributed by atoms with E-state index >= 15 is 0 Å². The molecule has 20 heavy (non-hydrogen) atoms. The fourth-order valence-electron chi connectivity index (χ4n) is 2.61. The van der Waals surface area contributed by atoms with Crippen molar-refractivity contribution in [1.29, 1.82) is 0 Å². The molecular weight excluding hydrogens is 256 g/mol. The second-order valence-corrected chi connectivity index (χ2v) is 6.35. The average Bonchev–Trinajstić information content (AvgIpc) is 2.74. The lowest BCUT2D eigenvalue weighted by Gasteiger charge is -2.42. The predicted octanol–water partition coefficient (Wildman–Crippen LogP) is 0.336. The average molecular weight is 278 g/mol. The summed E-state index contributed by atoms with van der Waals surface area (Å²) in [6, 6.07) is -0.416. The van der Waals surface area contributed by atoms with Crippen LogP contribution in [0.4, 0.5) is 0 Å². The van der Waals surface area contributed by atoms with Crippen LogP contribution in [0.2, 0.25) is 0 Å². The quantitative estimate of drug-likeness (QED) is 0.866. The van der Waals surface area contributed by atoms with Gasteiger partial charge in [0, 0.05) is 19.8 Å². The van der Waals surface area contributed by atoms with Crippen molar-refractivity contribution >= 4 is 11.8 Å². The minimum Gasteiger partial charge on any atom is -0.345 e. The summed E-state index contributed by atoms with van der Waals surface area (Å²) in [6.07, 6.45) is 4.43. The molecule has 1 N–H and O–H groups in total. The Kier molecular flexibility index (Phi) is 3.83.